The second-order valence-corrected chi connectivity index (χ2v) is 9.54. The van der Waals surface area contributed by atoms with Gasteiger partial charge in [-0.2, -0.15) is 5.10 Å². The molecule has 0 amide bonds. The minimum Gasteiger partial charge on any atom is -0.361 e. The molecule has 4 bridgehead atoms. The standard InChI is InChI=1S/C22H34N6S/c1-26(2)10-6-9-23-21(29)25-24-20-19-14-27-11-12-28(15-19)17-22(20,16-27)13-18-7-4-3-5-8-18/h3-5,7-8,19H,6,9-17H2,1-2H3,(H2,23,25,29)/b24-20+. The van der Waals surface area contributed by atoms with Crippen LogP contribution in [0.4, 0.5) is 0 Å². The van der Waals surface area contributed by atoms with E-state index in [1.165, 1.54) is 24.4 Å². The molecule has 0 saturated carbocycles. The monoisotopic (exact) mass is 414 g/mol. The van der Waals surface area contributed by atoms with E-state index in [1.807, 2.05) is 0 Å². The molecule has 5 rings (SSSR count). The molecule has 2 atom stereocenters. The van der Waals surface area contributed by atoms with Crippen molar-refractivity contribution in [3.8, 4) is 0 Å². The quantitative estimate of drug-likeness (QED) is 0.398. The SMILES string of the molecule is CN(C)CCCNC(=S)N/N=C1\C2CN3CCN(C2)CC1(Cc1ccccc1)C3. The Morgan fingerprint density at radius 1 is 1.17 bits per heavy atom. The third kappa shape index (κ3) is 4.97. The van der Waals surface area contributed by atoms with Crippen molar-refractivity contribution in [3.05, 3.63) is 35.9 Å². The lowest BCUT2D eigenvalue weighted by molar-refractivity contribution is 0.117. The number of thiocarbonyl (C=S) groups is 1. The van der Waals surface area contributed by atoms with E-state index in [9.17, 15) is 0 Å². The van der Waals surface area contributed by atoms with Crippen molar-refractivity contribution < 1.29 is 0 Å². The maximum atomic E-state index is 5.49. The fourth-order valence-electron chi connectivity index (χ4n) is 5.25. The highest BCUT2D eigenvalue weighted by Crippen LogP contribution is 2.40. The van der Waals surface area contributed by atoms with Crippen LogP contribution in [0.5, 0.6) is 0 Å². The van der Waals surface area contributed by atoms with E-state index in [1.54, 1.807) is 0 Å². The van der Waals surface area contributed by atoms with E-state index in [-0.39, 0.29) is 5.41 Å². The number of hydrogen-bond donors (Lipinski definition) is 2. The average molecular weight is 415 g/mol. The van der Waals surface area contributed by atoms with Gasteiger partial charge in [0.2, 0.25) is 0 Å². The van der Waals surface area contributed by atoms with E-state index < -0.39 is 0 Å². The summed E-state index contributed by atoms with van der Waals surface area (Å²) in [5.41, 5.74) is 5.99. The molecular formula is C22H34N6S. The fraction of sp³-hybridized carbons (Fsp3) is 0.636. The first-order valence-electron chi connectivity index (χ1n) is 10.8. The first kappa shape index (κ1) is 20.7. The van der Waals surface area contributed by atoms with Gasteiger partial charge >= 0.3 is 0 Å². The number of piperidine rings is 2. The predicted octanol–water partition coefficient (Wildman–Crippen LogP) is 1.25. The van der Waals surface area contributed by atoms with Gasteiger partial charge in [-0.1, -0.05) is 30.3 Å². The molecule has 4 heterocycles. The molecule has 7 heteroatoms. The van der Waals surface area contributed by atoms with Crippen molar-refractivity contribution in [2.45, 2.75) is 12.8 Å². The second-order valence-electron chi connectivity index (χ2n) is 9.13. The maximum absolute atomic E-state index is 5.49. The molecule has 4 saturated heterocycles. The highest BCUT2D eigenvalue weighted by molar-refractivity contribution is 7.80. The Hall–Kier alpha value is -1.54. The van der Waals surface area contributed by atoms with Gasteiger partial charge in [0.15, 0.2) is 5.11 Å². The van der Waals surface area contributed by atoms with Crippen LogP contribution in [-0.4, -0.2) is 92.0 Å². The Bertz CT molecular complexity index is 718. The molecule has 6 nitrogen and oxygen atoms in total. The van der Waals surface area contributed by atoms with Crippen LogP contribution < -0.4 is 10.7 Å². The van der Waals surface area contributed by atoms with Crippen molar-refractivity contribution in [2.75, 3.05) is 66.5 Å². The van der Waals surface area contributed by atoms with Crippen LogP contribution in [0.25, 0.3) is 0 Å². The van der Waals surface area contributed by atoms with Crippen molar-refractivity contribution in [3.63, 3.8) is 0 Å². The Morgan fingerprint density at radius 3 is 2.52 bits per heavy atom. The summed E-state index contributed by atoms with van der Waals surface area (Å²) < 4.78 is 0. The van der Waals surface area contributed by atoms with Crippen LogP contribution >= 0.6 is 12.2 Å². The number of benzene rings is 1. The number of nitrogens with zero attached hydrogens (tertiary/aromatic N) is 4. The highest BCUT2D eigenvalue weighted by atomic mass is 32.1. The molecule has 2 unspecified atom stereocenters. The van der Waals surface area contributed by atoms with Crippen LogP contribution in [0, 0.1) is 11.3 Å². The third-order valence-electron chi connectivity index (χ3n) is 6.40. The summed E-state index contributed by atoms with van der Waals surface area (Å²) in [7, 11) is 4.19. The molecule has 0 aromatic heterocycles. The van der Waals surface area contributed by atoms with Gasteiger partial charge in [0.05, 0.1) is 5.71 Å². The lowest BCUT2D eigenvalue weighted by Gasteiger charge is -2.50. The minimum atomic E-state index is 0.0759. The van der Waals surface area contributed by atoms with E-state index in [4.69, 9.17) is 17.3 Å². The smallest absolute Gasteiger partial charge is 0.186 e. The van der Waals surface area contributed by atoms with Crippen LogP contribution in [0.15, 0.2) is 35.4 Å². The second kappa shape index (κ2) is 9.08. The minimum absolute atomic E-state index is 0.0759. The van der Waals surface area contributed by atoms with Crippen LogP contribution in [0.2, 0.25) is 0 Å². The Balaban J connectivity index is 1.48. The molecule has 0 radical (unpaired) electrons. The Kier molecular flexibility index (Phi) is 6.49. The first-order chi connectivity index (χ1) is 14.0. The molecule has 158 valence electrons. The van der Waals surface area contributed by atoms with Gasteiger partial charge in [0, 0.05) is 57.1 Å². The average Bonchev–Trinajstić information content (AvgIpc) is 2.93. The van der Waals surface area contributed by atoms with Crippen molar-refractivity contribution in [2.24, 2.45) is 16.4 Å². The zero-order valence-electron chi connectivity index (χ0n) is 17.7. The molecule has 4 fully saturated rings. The summed E-state index contributed by atoms with van der Waals surface area (Å²) in [6.45, 7) is 8.72. The van der Waals surface area contributed by atoms with Crippen molar-refractivity contribution in [1.82, 2.24) is 25.4 Å². The van der Waals surface area contributed by atoms with Crippen LogP contribution in [0.1, 0.15) is 12.0 Å². The Labute approximate surface area is 180 Å². The molecule has 4 aliphatic heterocycles. The predicted molar refractivity (Wildman–Crippen MR) is 123 cm³/mol. The fourth-order valence-corrected chi connectivity index (χ4v) is 5.40. The number of fused-ring (bicyclic) bond motifs is 1. The summed E-state index contributed by atoms with van der Waals surface area (Å²) in [4.78, 5) is 7.49. The number of hydrogen-bond acceptors (Lipinski definition) is 5. The number of nitrogens with one attached hydrogen (secondary N) is 2. The third-order valence-corrected chi connectivity index (χ3v) is 6.64. The molecule has 0 spiro atoms. The van der Waals surface area contributed by atoms with Crippen LogP contribution in [0.3, 0.4) is 0 Å². The summed E-state index contributed by atoms with van der Waals surface area (Å²) in [5.74, 6) is 0.493. The van der Waals surface area contributed by atoms with E-state index in [2.05, 4.69) is 69.9 Å². The van der Waals surface area contributed by atoms with Gasteiger partial charge in [0.1, 0.15) is 0 Å². The topological polar surface area (TPSA) is 46.1 Å². The Morgan fingerprint density at radius 2 is 1.86 bits per heavy atom. The molecule has 4 aliphatic rings. The number of rotatable bonds is 7. The van der Waals surface area contributed by atoms with Crippen LogP contribution in [-0.2, 0) is 6.42 Å². The molecule has 0 aliphatic carbocycles. The van der Waals surface area contributed by atoms with Crippen molar-refractivity contribution in [1.29, 1.82) is 0 Å². The van der Waals surface area contributed by atoms with Gasteiger partial charge in [-0.15, -0.1) is 0 Å². The summed E-state index contributed by atoms with van der Waals surface area (Å²) in [6.07, 6.45) is 2.11. The van der Waals surface area contributed by atoms with Gasteiger partial charge in [-0.25, -0.2) is 0 Å². The summed E-state index contributed by atoms with van der Waals surface area (Å²) in [5, 5.41) is 8.88. The molecule has 1 aromatic carbocycles. The lowest BCUT2D eigenvalue weighted by atomic mass is 9.67. The largest absolute Gasteiger partial charge is 0.361 e. The van der Waals surface area contributed by atoms with E-state index in [0.717, 1.165) is 52.1 Å². The highest BCUT2D eigenvalue weighted by Gasteiger charge is 2.52. The molecule has 1 aromatic rings. The molecular weight excluding hydrogens is 380 g/mol. The van der Waals surface area contributed by atoms with Gasteiger partial charge in [-0.05, 0) is 51.3 Å². The summed E-state index contributed by atoms with van der Waals surface area (Å²) >= 11 is 5.49. The zero-order chi connectivity index (χ0) is 20.3. The van der Waals surface area contributed by atoms with Crippen molar-refractivity contribution >= 4 is 23.0 Å². The first-order valence-corrected chi connectivity index (χ1v) is 11.2. The normalized spacial score (nSPS) is 31.8. The lowest BCUT2D eigenvalue weighted by Crippen LogP contribution is -2.62. The maximum Gasteiger partial charge on any atom is 0.186 e. The molecule has 29 heavy (non-hydrogen) atoms. The zero-order valence-corrected chi connectivity index (χ0v) is 18.5. The summed E-state index contributed by atoms with van der Waals surface area (Å²) in [6, 6.07) is 10.9. The van der Waals surface area contributed by atoms with Gasteiger partial charge in [0.25, 0.3) is 0 Å². The number of hydrazone groups is 1. The van der Waals surface area contributed by atoms with Gasteiger partial charge in [-0.3, -0.25) is 5.43 Å². The van der Waals surface area contributed by atoms with E-state index >= 15 is 0 Å². The van der Waals surface area contributed by atoms with Gasteiger partial charge < -0.3 is 20.0 Å². The molecule has 2 N–H and O–H groups in total. The van der Waals surface area contributed by atoms with E-state index in [0.29, 0.717) is 11.0 Å².